The number of aliphatic hydroxyl groups is 1. The van der Waals surface area contributed by atoms with Gasteiger partial charge in [-0.15, -0.1) is 0 Å². The molecule has 0 aromatic carbocycles. The van der Waals surface area contributed by atoms with Crippen LogP contribution in [-0.4, -0.2) is 17.0 Å². The lowest BCUT2D eigenvalue weighted by molar-refractivity contribution is -0.143. The number of rotatable bonds is 0. The molecule has 3 rings (SSSR count). The van der Waals surface area contributed by atoms with Gasteiger partial charge in [-0.1, -0.05) is 38.8 Å². The van der Waals surface area contributed by atoms with Gasteiger partial charge in [-0.05, 0) is 37.0 Å². The molecule has 1 saturated heterocycles. The third kappa shape index (κ3) is 1.55. The Bertz CT molecular complexity index is 485. The van der Waals surface area contributed by atoms with Crippen LogP contribution in [0.15, 0.2) is 11.6 Å². The molecule has 2 aliphatic carbocycles. The molecule has 0 bridgehead atoms. The van der Waals surface area contributed by atoms with Crippen molar-refractivity contribution in [2.45, 2.75) is 71.7 Å². The Morgan fingerprint density at radius 3 is 2.78 bits per heavy atom. The summed E-state index contributed by atoms with van der Waals surface area (Å²) in [5, 5.41) is 10.1. The minimum absolute atomic E-state index is 0.0699. The zero-order valence-corrected chi connectivity index (χ0v) is 12.0. The van der Waals surface area contributed by atoms with Crippen molar-refractivity contribution in [3.8, 4) is 0 Å². The van der Waals surface area contributed by atoms with Crippen LogP contribution >= 0.6 is 0 Å². The van der Waals surface area contributed by atoms with Gasteiger partial charge in [0.15, 0.2) is 6.27 Å². The fraction of sp³-hybridized carbons (Fsp3) is 0.875. The van der Waals surface area contributed by atoms with E-state index in [0.717, 1.165) is 19.3 Å². The second kappa shape index (κ2) is 3.61. The van der Waals surface area contributed by atoms with Crippen LogP contribution in [0.25, 0.3) is 0 Å². The summed E-state index contributed by atoms with van der Waals surface area (Å²) in [5.74, 6) is -0.932. The molecule has 102 valence electrons. The summed E-state index contributed by atoms with van der Waals surface area (Å²) >= 11 is 0. The van der Waals surface area contributed by atoms with Crippen molar-refractivity contribution in [2.75, 3.05) is 0 Å². The van der Waals surface area contributed by atoms with Gasteiger partial charge in [-0.25, -0.2) is 0 Å². The Labute approximate surface area is 113 Å². The maximum atomic E-state index is 10.1. The van der Waals surface area contributed by atoms with E-state index >= 15 is 0 Å². The first-order chi connectivity index (χ1) is 8.96. The molecule has 2 nitrogen and oxygen atoms in total. The maximum absolute atomic E-state index is 10.1. The molecular weight excluding hydrogens is 224 g/mol. The molecule has 1 unspecified atom stereocenters. The van der Waals surface area contributed by atoms with Crippen molar-refractivity contribution in [2.24, 2.45) is 16.7 Å². The molecule has 0 radical (unpaired) electrons. The Morgan fingerprint density at radius 2 is 2.06 bits per heavy atom. The monoisotopic (exact) mass is 252 g/mol. The summed E-state index contributed by atoms with van der Waals surface area (Å²) in [6, 6.07) is 0. The van der Waals surface area contributed by atoms with E-state index in [1.807, 2.05) is 6.92 Å². The average molecular weight is 252 g/mol. The SMILES string of the molecule is [2H]C1(O)C[C@@]2([2H])[C@@](C)(CC=C3C(C)(C)CCC[C@@]32C)O1. The quantitative estimate of drug-likeness (QED) is 0.667. The third-order valence-electron chi connectivity index (χ3n) is 5.47. The molecule has 0 aromatic rings. The molecule has 4 atom stereocenters. The van der Waals surface area contributed by atoms with Gasteiger partial charge in [-0.3, -0.25) is 0 Å². The minimum Gasteiger partial charge on any atom is -0.368 e. The van der Waals surface area contributed by atoms with E-state index in [0.29, 0.717) is 6.42 Å². The topological polar surface area (TPSA) is 29.5 Å². The molecule has 1 heterocycles. The van der Waals surface area contributed by atoms with Gasteiger partial charge in [0.05, 0.1) is 6.97 Å². The second-order valence-corrected chi connectivity index (χ2v) is 7.27. The van der Waals surface area contributed by atoms with Crippen LogP contribution in [0.4, 0.5) is 0 Å². The first kappa shape index (κ1) is 10.4. The van der Waals surface area contributed by atoms with Gasteiger partial charge in [-0.2, -0.15) is 0 Å². The van der Waals surface area contributed by atoms with Gasteiger partial charge in [0.2, 0.25) is 0 Å². The van der Waals surface area contributed by atoms with Gasteiger partial charge in [0, 0.05) is 13.7 Å². The molecule has 2 fully saturated rings. The highest BCUT2D eigenvalue weighted by Gasteiger charge is 2.58. The Hall–Kier alpha value is -0.340. The van der Waals surface area contributed by atoms with E-state index < -0.39 is 17.8 Å². The van der Waals surface area contributed by atoms with Crippen molar-refractivity contribution < 1.29 is 12.6 Å². The van der Waals surface area contributed by atoms with E-state index in [-0.39, 0.29) is 17.3 Å². The van der Waals surface area contributed by atoms with Crippen molar-refractivity contribution in [3.63, 3.8) is 0 Å². The van der Waals surface area contributed by atoms with Gasteiger partial charge in [0.25, 0.3) is 0 Å². The smallest absolute Gasteiger partial charge is 0.155 e. The lowest BCUT2D eigenvalue weighted by Crippen LogP contribution is -2.50. The largest absolute Gasteiger partial charge is 0.368 e. The van der Waals surface area contributed by atoms with Crippen LogP contribution in [0.2, 0.25) is 0 Å². The van der Waals surface area contributed by atoms with Crippen LogP contribution in [0, 0.1) is 16.7 Å². The molecular formula is C16H26O2. The van der Waals surface area contributed by atoms with Crippen LogP contribution < -0.4 is 0 Å². The van der Waals surface area contributed by atoms with Crippen LogP contribution in [0.5, 0.6) is 0 Å². The van der Waals surface area contributed by atoms with E-state index in [2.05, 4.69) is 26.8 Å². The number of hydrogen-bond donors (Lipinski definition) is 1. The average Bonchev–Trinajstić information content (AvgIpc) is 2.43. The summed E-state index contributed by atoms with van der Waals surface area (Å²) in [5.41, 5.74) is 0.359. The fourth-order valence-electron chi connectivity index (χ4n) is 4.65. The van der Waals surface area contributed by atoms with Crippen molar-refractivity contribution >= 4 is 0 Å². The maximum Gasteiger partial charge on any atom is 0.155 e. The summed E-state index contributed by atoms with van der Waals surface area (Å²) in [6.45, 7) is 8.55. The molecule has 0 spiro atoms. The number of fused-ring (bicyclic) bond motifs is 3. The highest BCUT2D eigenvalue weighted by molar-refractivity contribution is 5.31. The Kier molecular flexibility index (Phi) is 2.09. The molecule has 3 aliphatic rings. The predicted octanol–water partition coefficient (Wildman–Crippen LogP) is 3.65. The highest BCUT2D eigenvalue weighted by Crippen LogP contribution is 2.63. The number of ether oxygens (including phenoxy) is 1. The molecule has 2 heteroatoms. The van der Waals surface area contributed by atoms with Crippen LogP contribution in [0.3, 0.4) is 0 Å². The minimum atomic E-state index is -1.93. The summed E-state index contributed by atoms with van der Waals surface area (Å²) in [6.07, 6.45) is 4.17. The van der Waals surface area contributed by atoms with Crippen molar-refractivity contribution in [1.29, 1.82) is 0 Å². The normalized spacial score (nSPS) is 60.2. The second-order valence-electron chi connectivity index (χ2n) is 7.27. The zero-order valence-electron chi connectivity index (χ0n) is 14.0. The fourth-order valence-corrected chi connectivity index (χ4v) is 4.65. The van der Waals surface area contributed by atoms with E-state index in [4.69, 9.17) is 7.48 Å². The predicted molar refractivity (Wildman–Crippen MR) is 72.0 cm³/mol. The molecule has 0 amide bonds. The van der Waals surface area contributed by atoms with E-state index in [9.17, 15) is 5.11 Å². The first-order valence-electron chi connectivity index (χ1n) is 8.10. The standard InChI is InChI=1S/C16H26O2/c1-14(2)7-5-8-15(3)11(14)6-9-16(4)12(15)10-13(17)18-16/h6,12-13,17H,5,7-10H2,1-4H3/t12-,13?,15+,16-/m1/s1/i12D,13D. The van der Waals surface area contributed by atoms with Crippen LogP contribution in [0.1, 0.15) is 62.5 Å². The Morgan fingerprint density at radius 1 is 1.33 bits per heavy atom. The molecule has 1 aliphatic heterocycles. The van der Waals surface area contributed by atoms with Crippen molar-refractivity contribution in [3.05, 3.63) is 11.6 Å². The third-order valence-corrected chi connectivity index (χ3v) is 5.47. The van der Waals surface area contributed by atoms with Crippen molar-refractivity contribution in [1.82, 2.24) is 0 Å². The summed E-state index contributed by atoms with van der Waals surface area (Å²) < 4.78 is 22.7. The zero-order chi connectivity index (χ0) is 15.0. The molecule has 0 aromatic heterocycles. The summed E-state index contributed by atoms with van der Waals surface area (Å²) in [7, 11) is 0. The van der Waals surface area contributed by atoms with E-state index in [1.54, 1.807) is 0 Å². The van der Waals surface area contributed by atoms with Gasteiger partial charge >= 0.3 is 0 Å². The molecule has 18 heavy (non-hydrogen) atoms. The lowest BCUT2D eigenvalue weighted by atomic mass is 9.50. The Balaban J connectivity index is 2.16. The van der Waals surface area contributed by atoms with Gasteiger partial charge < -0.3 is 9.84 Å². The highest BCUT2D eigenvalue weighted by atomic mass is 16.6. The van der Waals surface area contributed by atoms with Crippen LogP contribution in [-0.2, 0) is 4.74 Å². The van der Waals surface area contributed by atoms with E-state index in [1.165, 1.54) is 5.57 Å². The first-order valence-corrected chi connectivity index (χ1v) is 7.10. The number of allylic oxidation sites excluding steroid dienone is 1. The molecule has 1 saturated carbocycles. The molecule has 1 N–H and O–H groups in total. The van der Waals surface area contributed by atoms with Gasteiger partial charge in [0.1, 0.15) is 0 Å². The lowest BCUT2D eigenvalue weighted by Gasteiger charge is -2.55. The summed E-state index contributed by atoms with van der Waals surface area (Å²) in [4.78, 5) is 0. The number of hydrogen-bond acceptors (Lipinski definition) is 2.